The normalized spacial score (nSPS) is 10.6. The molecule has 0 amide bonds. The van der Waals surface area contributed by atoms with Crippen LogP contribution in [-0.2, 0) is 12.8 Å². The quantitative estimate of drug-likeness (QED) is 0.896. The third-order valence-electron chi connectivity index (χ3n) is 2.46. The Morgan fingerprint density at radius 1 is 1.39 bits per heavy atom. The molecule has 0 saturated carbocycles. The highest BCUT2D eigenvalue weighted by Gasteiger charge is 2.07. The maximum atomic E-state index is 4.58. The van der Waals surface area contributed by atoms with Gasteiger partial charge < -0.3 is 5.32 Å². The molecule has 2 aromatic heterocycles. The van der Waals surface area contributed by atoms with Crippen LogP contribution in [0.5, 0.6) is 0 Å². The molecule has 0 bridgehead atoms. The van der Waals surface area contributed by atoms with Crippen molar-refractivity contribution in [3.8, 4) is 11.3 Å². The van der Waals surface area contributed by atoms with E-state index in [-0.39, 0.29) is 0 Å². The zero-order valence-corrected chi connectivity index (χ0v) is 11.7. The topological polar surface area (TPSA) is 55.6 Å². The van der Waals surface area contributed by atoms with E-state index in [1.165, 1.54) is 0 Å². The predicted molar refractivity (Wildman–Crippen MR) is 75.6 cm³/mol. The van der Waals surface area contributed by atoms with Gasteiger partial charge in [-0.05, 0) is 5.75 Å². The van der Waals surface area contributed by atoms with Gasteiger partial charge in [-0.3, -0.25) is 4.68 Å². The van der Waals surface area contributed by atoms with Crippen molar-refractivity contribution in [1.29, 1.82) is 0 Å². The average Bonchev–Trinajstić information content (AvgIpc) is 2.82. The summed E-state index contributed by atoms with van der Waals surface area (Å²) in [6.07, 6.45) is 3.77. The average molecular weight is 263 g/mol. The first kappa shape index (κ1) is 12.9. The summed E-state index contributed by atoms with van der Waals surface area (Å²) in [5.74, 6) is 3.59. The molecule has 0 atom stereocenters. The van der Waals surface area contributed by atoms with Crippen molar-refractivity contribution in [2.24, 2.45) is 7.05 Å². The lowest BCUT2D eigenvalue weighted by Crippen LogP contribution is -2.00. The van der Waals surface area contributed by atoms with Gasteiger partial charge in [0.25, 0.3) is 0 Å². The van der Waals surface area contributed by atoms with E-state index < -0.39 is 0 Å². The highest BCUT2D eigenvalue weighted by molar-refractivity contribution is 7.98. The SMILES string of the molecule is CCSCc1nc(NC)cc(-c2cnn(C)c2)n1. The van der Waals surface area contributed by atoms with Gasteiger partial charge in [0.1, 0.15) is 11.6 Å². The van der Waals surface area contributed by atoms with Crippen LogP contribution in [0.1, 0.15) is 12.7 Å². The summed E-state index contributed by atoms with van der Waals surface area (Å²) in [6.45, 7) is 2.13. The number of thioether (sulfide) groups is 1. The van der Waals surface area contributed by atoms with Gasteiger partial charge in [0.2, 0.25) is 0 Å². The number of hydrogen-bond acceptors (Lipinski definition) is 5. The molecule has 0 fully saturated rings. The Labute approximate surface area is 111 Å². The summed E-state index contributed by atoms with van der Waals surface area (Å²) >= 11 is 1.82. The van der Waals surface area contributed by atoms with Crippen molar-refractivity contribution in [1.82, 2.24) is 19.7 Å². The van der Waals surface area contributed by atoms with Crippen molar-refractivity contribution < 1.29 is 0 Å². The Morgan fingerprint density at radius 3 is 2.83 bits per heavy atom. The van der Waals surface area contributed by atoms with Crippen molar-refractivity contribution in [3.05, 3.63) is 24.3 Å². The molecule has 96 valence electrons. The Hall–Kier alpha value is -1.56. The van der Waals surface area contributed by atoms with Gasteiger partial charge in [-0.15, -0.1) is 0 Å². The Balaban J connectivity index is 2.34. The summed E-state index contributed by atoms with van der Waals surface area (Å²) < 4.78 is 1.77. The van der Waals surface area contributed by atoms with Crippen molar-refractivity contribution in [2.45, 2.75) is 12.7 Å². The molecule has 0 unspecified atom stereocenters. The monoisotopic (exact) mass is 263 g/mol. The van der Waals surface area contributed by atoms with Crippen LogP contribution in [0.2, 0.25) is 0 Å². The minimum Gasteiger partial charge on any atom is -0.373 e. The van der Waals surface area contributed by atoms with Crippen LogP contribution < -0.4 is 5.32 Å². The third-order valence-corrected chi connectivity index (χ3v) is 3.34. The van der Waals surface area contributed by atoms with Gasteiger partial charge in [0, 0.05) is 31.9 Å². The number of aromatic nitrogens is 4. The lowest BCUT2D eigenvalue weighted by molar-refractivity contribution is 0.768. The summed E-state index contributed by atoms with van der Waals surface area (Å²) in [7, 11) is 3.77. The molecule has 0 radical (unpaired) electrons. The van der Waals surface area contributed by atoms with Gasteiger partial charge in [0.05, 0.1) is 17.6 Å². The van der Waals surface area contributed by atoms with Crippen LogP contribution in [0.3, 0.4) is 0 Å². The smallest absolute Gasteiger partial charge is 0.141 e. The Bertz CT molecular complexity index is 523. The number of rotatable bonds is 5. The molecule has 18 heavy (non-hydrogen) atoms. The fraction of sp³-hybridized carbons (Fsp3) is 0.417. The van der Waals surface area contributed by atoms with E-state index in [2.05, 4.69) is 27.3 Å². The molecule has 2 aromatic rings. The van der Waals surface area contributed by atoms with Gasteiger partial charge in [0.15, 0.2) is 0 Å². The lowest BCUT2D eigenvalue weighted by Gasteiger charge is -2.06. The third kappa shape index (κ3) is 3.01. The molecule has 6 heteroatoms. The van der Waals surface area contributed by atoms with E-state index in [4.69, 9.17) is 0 Å². The zero-order chi connectivity index (χ0) is 13.0. The molecule has 0 saturated heterocycles. The maximum absolute atomic E-state index is 4.58. The molecule has 2 rings (SSSR count). The zero-order valence-electron chi connectivity index (χ0n) is 10.8. The highest BCUT2D eigenvalue weighted by atomic mass is 32.2. The molecule has 0 aliphatic heterocycles. The largest absolute Gasteiger partial charge is 0.373 e. The first-order chi connectivity index (χ1) is 8.72. The van der Waals surface area contributed by atoms with Gasteiger partial charge in [-0.1, -0.05) is 6.92 Å². The first-order valence-corrected chi connectivity index (χ1v) is 7.01. The highest BCUT2D eigenvalue weighted by Crippen LogP contribution is 2.20. The molecule has 0 aliphatic rings. The van der Waals surface area contributed by atoms with Gasteiger partial charge >= 0.3 is 0 Å². The second kappa shape index (κ2) is 5.86. The first-order valence-electron chi connectivity index (χ1n) is 5.85. The Kier molecular flexibility index (Phi) is 4.19. The number of anilines is 1. The lowest BCUT2D eigenvalue weighted by atomic mass is 10.2. The number of hydrogen-bond donors (Lipinski definition) is 1. The molecule has 5 nitrogen and oxygen atoms in total. The van der Waals surface area contributed by atoms with E-state index in [0.717, 1.165) is 34.4 Å². The minimum absolute atomic E-state index is 0.833. The molecule has 0 aliphatic carbocycles. The summed E-state index contributed by atoms with van der Waals surface area (Å²) in [6, 6.07) is 1.94. The van der Waals surface area contributed by atoms with E-state index in [1.807, 2.05) is 44.3 Å². The van der Waals surface area contributed by atoms with Gasteiger partial charge in [-0.2, -0.15) is 16.9 Å². The van der Waals surface area contributed by atoms with E-state index in [1.54, 1.807) is 4.68 Å². The van der Waals surface area contributed by atoms with Crippen LogP contribution in [-0.4, -0.2) is 32.5 Å². The number of nitrogens with zero attached hydrogens (tertiary/aromatic N) is 4. The molecule has 0 aromatic carbocycles. The van der Waals surface area contributed by atoms with E-state index in [9.17, 15) is 0 Å². The van der Waals surface area contributed by atoms with Crippen LogP contribution in [0.15, 0.2) is 18.5 Å². The molecule has 1 N–H and O–H groups in total. The van der Waals surface area contributed by atoms with E-state index in [0.29, 0.717) is 0 Å². The number of aryl methyl sites for hydroxylation is 1. The standard InChI is InChI=1S/C12H17N5S/c1-4-18-8-12-15-10(5-11(13-2)16-12)9-6-14-17(3)7-9/h5-7H,4,8H2,1-3H3,(H,13,15,16). The van der Waals surface area contributed by atoms with Crippen molar-refractivity contribution in [3.63, 3.8) is 0 Å². The molecule has 0 spiro atoms. The predicted octanol–water partition coefficient (Wildman–Crippen LogP) is 2.17. The summed E-state index contributed by atoms with van der Waals surface area (Å²) in [4.78, 5) is 9.03. The second-order valence-electron chi connectivity index (χ2n) is 3.84. The molecule has 2 heterocycles. The summed E-state index contributed by atoms with van der Waals surface area (Å²) in [5, 5.41) is 7.24. The van der Waals surface area contributed by atoms with Crippen LogP contribution in [0, 0.1) is 0 Å². The van der Waals surface area contributed by atoms with E-state index >= 15 is 0 Å². The van der Waals surface area contributed by atoms with Gasteiger partial charge in [-0.25, -0.2) is 9.97 Å². The van der Waals surface area contributed by atoms with Crippen molar-refractivity contribution in [2.75, 3.05) is 18.1 Å². The Morgan fingerprint density at radius 2 is 2.22 bits per heavy atom. The number of nitrogens with one attached hydrogen (secondary N) is 1. The van der Waals surface area contributed by atoms with Crippen LogP contribution in [0.25, 0.3) is 11.3 Å². The van der Waals surface area contributed by atoms with Crippen LogP contribution in [0.4, 0.5) is 5.82 Å². The summed E-state index contributed by atoms with van der Waals surface area (Å²) in [5.41, 5.74) is 1.92. The minimum atomic E-state index is 0.833. The molecular weight excluding hydrogens is 246 g/mol. The van der Waals surface area contributed by atoms with Crippen molar-refractivity contribution >= 4 is 17.6 Å². The second-order valence-corrected chi connectivity index (χ2v) is 5.12. The maximum Gasteiger partial charge on any atom is 0.141 e. The van der Waals surface area contributed by atoms with Crippen LogP contribution >= 0.6 is 11.8 Å². The molecular formula is C12H17N5S. The fourth-order valence-electron chi connectivity index (χ4n) is 1.58. The fourth-order valence-corrected chi connectivity index (χ4v) is 2.10.